The third-order valence-electron chi connectivity index (χ3n) is 4.05. The van der Waals surface area contributed by atoms with Gasteiger partial charge in [0.25, 0.3) is 5.91 Å². The van der Waals surface area contributed by atoms with Crippen molar-refractivity contribution in [3.05, 3.63) is 17.8 Å². The van der Waals surface area contributed by atoms with Crippen molar-refractivity contribution in [1.82, 2.24) is 15.2 Å². The molecule has 10 heteroatoms. The Morgan fingerprint density at radius 1 is 1.43 bits per heavy atom. The number of ether oxygens (including phenoxy) is 2. The van der Waals surface area contributed by atoms with Crippen molar-refractivity contribution in [2.45, 2.75) is 32.4 Å². The Balaban J connectivity index is 0.000000202. The summed E-state index contributed by atoms with van der Waals surface area (Å²) in [6.07, 6.45) is -0.313. The van der Waals surface area contributed by atoms with Gasteiger partial charge in [-0.15, -0.1) is 0 Å². The van der Waals surface area contributed by atoms with Crippen LogP contribution in [0.25, 0.3) is 0 Å². The molecule has 2 aliphatic rings. The van der Waals surface area contributed by atoms with Gasteiger partial charge in [-0.2, -0.15) is 0 Å². The molecule has 1 saturated heterocycles. The Hall–Kier alpha value is -2.72. The third kappa shape index (κ3) is 6.17. The van der Waals surface area contributed by atoms with Crippen LogP contribution in [0.15, 0.2) is 12.1 Å². The summed E-state index contributed by atoms with van der Waals surface area (Å²) >= 11 is 0. The monoisotopic (exact) mass is 394 g/mol. The van der Waals surface area contributed by atoms with Crippen molar-refractivity contribution in [3.63, 3.8) is 0 Å². The van der Waals surface area contributed by atoms with Gasteiger partial charge in [0, 0.05) is 18.6 Å². The van der Waals surface area contributed by atoms with E-state index in [-0.39, 0.29) is 29.9 Å². The molecule has 28 heavy (non-hydrogen) atoms. The lowest BCUT2D eigenvalue weighted by Gasteiger charge is -2.36. The standard InChI is InChI=1S/C10H20N2O3.C8H6N2O3/c1-10(2,3)12(9(13)14)7-8-6-11-4-5-15-8;11-3-5-1-2-6-8(9-5)10-7(12)4-13-6/h8,11H,4-7H2,1-3H3,(H,13,14);1-3H,4H2,(H,9,10,12)/t8-;/m1./s1. The van der Waals surface area contributed by atoms with Gasteiger partial charge in [0.15, 0.2) is 24.5 Å². The molecule has 0 radical (unpaired) electrons. The number of amides is 2. The first kappa shape index (κ1) is 21.6. The number of nitrogens with one attached hydrogen (secondary N) is 2. The summed E-state index contributed by atoms with van der Waals surface area (Å²) in [5, 5.41) is 14.8. The fraction of sp³-hybridized carbons (Fsp3) is 0.556. The number of hydrogen-bond donors (Lipinski definition) is 3. The summed E-state index contributed by atoms with van der Waals surface area (Å²) < 4.78 is 10.5. The lowest BCUT2D eigenvalue weighted by molar-refractivity contribution is -0.118. The van der Waals surface area contributed by atoms with Crippen LogP contribution in [0, 0.1) is 0 Å². The lowest BCUT2D eigenvalue weighted by Crippen LogP contribution is -2.52. The fourth-order valence-corrected chi connectivity index (χ4v) is 2.62. The van der Waals surface area contributed by atoms with Crippen LogP contribution in [-0.4, -0.2) is 77.8 Å². The number of nitrogens with zero attached hydrogens (tertiary/aromatic N) is 2. The van der Waals surface area contributed by atoms with Gasteiger partial charge in [-0.25, -0.2) is 9.78 Å². The second-order valence-electron chi connectivity index (χ2n) is 7.30. The number of aromatic nitrogens is 1. The molecule has 0 saturated carbocycles. The zero-order valence-electron chi connectivity index (χ0n) is 16.2. The molecule has 2 amide bonds. The molecule has 3 N–H and O–H groups in total. The second kappa shape index (κ2) is 9.47. The molecule has 1 aromatic heterocycles. The highest BCUT2D eigenvalue weighted by molar-refractivity contribution is 5.94. The minimum Gasteiger partial charge on any atom is -0.480 e. The molecular weight excluding hydrogens is 368 g/mol. The quantitative estimate of drug-likeness (QED) is 0.647. The summed E-state index contributed by atoms with van der Waals surface area (Å²) in [6, 6.07) is 3.13. The zero-order chi connectivity index (χ0) is 20.7. The Morgan fingerprint density at radius 2 is 2.18 bits per heavy atom. The molecule has 2 aliphatic heterocycles. The van der Waals surface area contributed by atoms with Gasteiger partial charge in [0.05, 0.1) is 19.3 Å². The summed E-state index contributed by atoms with van der Waals surface area (Å²) in [5.41, 5.74) is -0.114. The summed E-state index contributed by atoms with van der Waals surface area (Å²) in [5.74, 6) is 0.536. The van der Waals surface area contributed by atoms with E-state index in [1.54, 1.807) is 6.07 Å². The first-order valence-electron chi connectivity index (χ1n) is 8.92. The molecule has 0 aliphatic carbocycles. The van der Waals surface area contributed by atoms with Crippen molar-refractivity contribution >= 4 is 24.1 Å². The van der Waals surface area contributed by atoms with E-state index in [0.717, 1.165) is 13.1 Å². The van der Waals surface area contributed by atoms with Gasteiger partial charge in [-0.3, -0.25) is 9.59 Å². The highest BCUT2D eigenvalue weighted by Gasteiger charge is 2.29. The van der Waals surface area contributed by atoms with Crippen LogP contribution in [0.4, 0.5) is 10.6 Å². The normalized spacial score (nSPS) is 18.5. The van der Waals surface area contributed by atoms with E-state index in [0.29, 0.717) is 31.0 Å². The Labute approximate surface area is 163 Å². The van der Waals surface area contributed by atoms with Gasteiger partial charge < -0.3 is 30.1 Å². The van der Waals surface area contributed by atoms with Crippen LogP contribution in [0.2, 0.25) is 0 Å². The molecule has 1 fully saturated rings. The molecule has 3 heterocycles. The SMILES string of the molecule is CC(C)(C)N(C[C@H]1CNCCO1)C(=O)O.O=Cc1ccc2c(n1)NC(=O)CO2. The third-order valence-corrected chi connectivity index (χ3v) is 4.05. The predicted molar refractivity (Wildman–Crippen MR) is 101 cm³/mol. The predicted octanol–water partition coefficient (Wildman–Crippen LogP) is 0.978. The van der Waals surface area contributed by atoms with Crippen molar-refractivity contribution < 1.29 is 29.0 Å². The largest absolute Gasteiger partial charge is 0.480 e. The molecule has 0 bridgehead atoms. The Morgan fingerprint density at radius 3 is 2.75 bits per heavy atom. The molecule has 3 rings (SSSR count). The summed E-state index contributed by atoms with van der Waals surface area (Å²) in [7, 11) is 0. The number of carbonyl (C=O) groups is 3. The topological polar surface area (TPSA) is 130 Å². The average Bonchev–Trinajstić information content (AvgIpc) is 2.65. The van der Waals surface area contributed by atoms with Crippen LogP contribution < -0.4 is 15.4 Å². The van der Waals surface area contributed by atoms with E-state index in [1.165, 1.54) is 11.0 Å². The first-order chi connectivity index (χ1) is 13.2. The van der Waals surface area contributed by atoms with Crippen molar-refractivity contribution in [2.75, 3.05) is 38.2 Å². The highest BCUT2D eigenvalue weighted by Crippen LogP contribution is 2.24. The molecule has 0 spiro atoms. The molecule has 0 aromatic carbocycles. The van der Waals surface area contributed by atoms with Crippen LogP contribution in [0.3, 0.4) is 0 Å². The van der Waals surface area contributed by atoms with Crippen molar-refractivity contribution in [2.24, 2.45) is 0 Å². The Bertz CT molecular complexity index is 713. The second-order valence-corrected chi connectivity index (χ2v) is 7.30. The fourth-order valence-electron chi connectivity index (χ4n) is 2.62. The molecule has 0 unspecified atom stereocenters. The number of hydrogen-bond acceptors (Lipinski definition) is 7. The van der Waals surface area contributed by atoms with Crippen LogP contribution >= 0.6 is 0 Å². The average molecular weight is 394 g/mol. The van der Waals surface area contributed by atoms with E-state index in [4.69, 9.17) is 14.6 Å². The van der Waals surface area contributed by atoms with Gasteiger partial charge in [-0.05, 0) is 32.9 Å². The van der Waals surface area contributed by atoms with Gasteiger partial charge in [-0.1, -0.05) is 0 Å². The van der Waals surface area contributed by atoms with Crippen LogP contribution in [-0.2, 0) is 9.53 Å². The smallest absolute Gasteiger partial charge is 0.407 e. The first-order valence-corrected chi connectivity index (χ1v) is 8.92. The maximum Gasteiger partial charge on any atom is 0.407 e. The number of carboxylic acid groups (broad SMARTS) is 1. The number of aldehydes is 1. The lowest BCUT2D eigenvalue weighted by atomic mass is 10.1. The zero-order valence-corrected chi connectivity index (χ0v) is 16.2. The van der Waals surface area contributed by atoms with E-state index < -0.39 is 6.09 Å². The number of rotatable bonds is 3. The molecular formula is C18H26N4O6. The molecule has 1 aromatic rings. The van der Waals surface area contributed by atoms with Crippen molar-refractivity contribution in [1.29, 1.82) is 0 Å². The Kier molecular flexibility index (Phi) is 7.30. The highest BCUT2D eigenvalue weighted by atomic mass is 16.5. The number of fused-ring (bicyclic) bond motifs is 1. The number of morpholine rings is 1. The van der Waals surface area contributed by atoms with Crippen LogP contribution in [0.1, 0.15) is 31.3 Å². The van der Waals surface area contributed by atoms with Gasteiger partial charge in [0.2, 0.25) is 0 Å². The van der Waals surface area contributed by atoms with E-state index in [9.17, 15) is 14.4 Å². The van der Waals surface area contributed by atoms with E-state index in [2.05, 4.69) is 15.6 Å². The maximum atomic E-state index is 11.1. The van der Waals surface area contributed by atoms with Crippen molar-refractivity contribution in [3.8, 4) is 5.75 Å². The number of pyridine rings is 1. The summed E-state index contributed by atoms with van der Waals surface area (Å²) in [6.45, 7) is 8.30. The molecule has 1 atom stereocenters. The van der Waals surface area contributed by atoms with Gasteiger partial charge >= 0.3 is 6.09 Å². The molecule has 10 nitrogen and oxygen atoms in total. The minimum atomic E-state index is -0.892. The molecule has 154 valence electrons. The number of anilines is 1. The van der Waals surface area contributed by atoms with E-state index in [1.807, 2.05) is 20.8 Å². The maximum absolute atomic E-state index is 11.1. The van der Waals surface area contributed by atoms with Gasteiger partial charge in [0.1, 0.15) is 5.69 Å². The number of carbonyl (C=O) groups excluding carboxylic acids is 2. The van der Waals surface area contributed by atoms with E-state index >= 15 is 0 Å². The summed E-state index contributed by atoms with van der Waals surface area (Å²) in [4.78, 5) is 37.6. The minimum absolute atomic E-state index is 0.00485. The van der Waals surface area contributed by atoms with Crippen LogP contribution in [0.5, 0.6) is 5.75 Å².